The van der Waals surface area contributed by atoms with Crippen molar-refractivity contribution in [3.63, 3.8) is 0 Å². The van der Waals surface area contributed by atoms with Crippen molar-refractivity contribution in [2.24, 2.45) is 28.9 Å². The second-order valence-electron chi connectivity index (χ2n) is 19.1. The lowest BCUT2D eigenvalue weighted by molar-refractivity contribution is -0.136. The third-order valence-electron chi connectivity index (χ3n) is 12.1. The van der Waals surface area contributed by atoms with Gasteiger partial charge in [-0.1, -0.05) is 62.7 Å². The van der Waals surface area contributed by atoms with Crippen molar-refractivity contribution in [2.75, 3.05) is 26.2 Å². The van der Waals surface area contributed by atoms with Gasteiger partial charge in [0.05, 0.1) is 18.2 Å². The summed E-state index contributed by atoms with van der Waals surface area (Å²) < 4.78 is 0. The number of hydrogen-bond acceptors (Lipinski definition) is 19. The number of amides is 10. The van der Waals surface area contributed by atoms with Crippen LogP contribution in [0.3, 0.4) is 0 Å². The van der Waals surface area contributed by atoms with Crippen LogP contribution in [0.25, 0.3) is 0 Å². The van der Waals surface area contributed by atoms with Gasteiger partial charge >= 0.3 is 0 Å². The van der Waals surface area contributed by atoms with Crippen molar-refractivity contribution in [3.8, 4) is 0 Å². The van der Waals surface area contributed by atoms with Crippen LogP contribution in [0.5, 0.6) is 0 Å². The Hall–Kier alpha value is -7.51. The summed E-state index contributed by atoms with van der Waals surface area (Å²) in [6, 6.07) is -4.78. The van der Waals surface area contributed by atoms with Gasteiger partial charge in [-0.25, -0.2) is 0 Å². The predicted molar refractivity (Wildman–Crippen MR) is 279 cm³/mol. The highest BCUT2D eigenvalue weighted by molar-refractivity contribution is 6.02. The van der Waals surface area contributed by atoms with E-state index < -0.39 is 151 Å². The van der Waals surface area contributed by atoms with E-state index in [1.165, 1.54) is 13.8 Å². The molecule has 432 valence electrons. The minimum atomic E-state index is -1.73. The first kappa shape index (κ1) is 64.8. The molecule has 1 aliphatic heterocycles. The van der Waals surface area contributed by atoms with Crippen molar-refractivity contribution >= 4 is 59.1 Å². The van der Waals surface area contributed by atoms with Crippen molar-refractivity contribution < 1.29 is 58.2 Å². The molecule has 2 aromatic rings. The van der Waals surface area contributed by atoms with Crippen LogP contribution in [0.1, 0.15) is 84.5 Å². The fourth-order valence-electron chi connectivity index (χ4n) is 7.89. The van der Waals surface area contributed by atoms with Gasteiger partial charge in [0.1, 0.15) is 54.0 Å². The van der Waals surface area contributed by atoms with E-state index in [1.807, 2.05) is 0 Å². The summed E-state index contributed by atoms with van der Waals surface area (Å²) in [6.45, 7) is 6.80. The average Bonchev–Trinajstić information content (AvgIpc) is 3.90. The monoisotopic (exact) mass is 1100 g/mol. The normalized spacial score (nSPS) is 23.1. The number of aliphatic hydroxyl groups is 2. The summed E-state index contributed by atoms with van der Waals surface area (Å²) >= 11 is 0. The smallest absolute Gasteiger partial charge is 0.268 e. The molecule has 1 aromatic carbocycles. The molecule has 21 N–H and O–H groups in total. The van der Waals surface area contributed by atoms with Gasteiger partial charge in [-0.3, -0.25) is 47.9 Å². The minimum absolute atomic E-state index is 0.0282. The third kappa shape index (κ3) is 21.1. The van der Waals surface area contributed by atoms with Crippen molar-refractivity contribution in [3.05, 3.63) is 53.5 Å². The van der Waals surface area contributed by atoms with E-state index in [0.717, 1.165) is 6.08 Å². The molecule has 78 heavy (non-hydrogen) atoms. The number of carbonyl (C=O) groups excluding carboxylic acids is 10. The molecule has 1 saturated heterocycles. The Morgan fingerprint density at radius 3 is 1.96 bits per heavy atom. The Morgan fingerprint density at radius 1 is 0.756 bits per heavy atom. The number of aromatic nitrogens is 4. The molecule has 0 spiro atoms. The molecular weight excluding hydrogens is 1020 g/mol. The molecule has 10 amide bonds. The second-order valence-corrected chi connectivity index (χ2v) is 19.1. The van der Waals surface area contributed by atoms with Crippen LogP contribution in [0, 0.1) is 5.92 Å². The maximum absolute atomic E-state index is 14.5. The van der Waals surface area contributed by atoms with Gasteiger partial charge in [0, 0.05) is 25.9 Å². The first-order chi connectivity index (χ1) is 37.0. The van der Waals surface area contributed by atoms with Gasteiger partial charge in [0.2, 0.25) is 53.2 Å². The van der Waals surface area contributed by atoms with Crippen LogP contribution in [-0.4, -0.2) is 183 Å². The topological polar surface area (TPSA) is 490 Å². The van der Waals surface area contributed by atoms with E-state index in [9.17, 15) is 58.2 Å². The first-order valence-corrected chi connectivity index (χ1v) is 25.7. The Kier molecular flexibility index (Phi) is 27.3. The summed E-state index contributed by atoms with van der Waals surface area (Å²) in [5.41, 5.74) is 23.2. The lowest BCUT2D eigenvalue weighted by Gasteiger charge is -2.28. The standard InChI is InChI=1S/C48H78N18O12/c1-6-10-29-43(73)62-37(25(4)67)47(77)53-20-16-32(57-46(76)35(23-36-63-65-66-64-36)60-48(78)38(26(5)68)61-39(69)28(52)13-17-49)42(72)55-31(15-19-51)41(71)59-34(22-27-11-8-7-9-12-27)45(75)58-33(21-24(2)3)44(74)56-30(14-18-50)40(70)54-29/h7-9,11-12,15,24-26,28-30,32-35,37-38,67-68H,6,10,13-14,16-23,49-52H2,1-5H3,(H,53,77)(H,54,70)(H,55,72)(H,56,74)(H,57,76)(H,58,75)(H,59,71)(H,60,78)(H,61,69)(H,62,73)(H,63,64,65,66)/b31-15+/t25-,26-,28+,29+,30+,32+,33+,34-,35+,37+,38?/m1/s1. The van der Waals surface area contributed by atoms with Crippen LogP contribution < -0.4 is 76.1 Å². The zero-order valence-corrected chi connectivity index (χ0v) is 44.5. The fraction of sp³-hybridized carbons (Fsp3) is 0.604. The average molecular weight is 1100 g/mol. The quantitative estimate of drug-likeness (QED) is 0.0517. The molecule has 11 atom stereocenters. The highest BCUT2D eigenvalue weighted by atomic mass is 16.3. The third-order valence-corrected chi connectivity index (χ3v) is 12.1. The summed E-state index contributed by atoms with van der Waals surface area (Å²) in [7, 11) is 0. The van der Waals surface area contributed by atoms with Crippen molar-refractivity contribution in [2.45, 2.75) is 153 Å². The van der Waals surface area contributed by atoms with Crippen LogP contribution in [-0.2, 0) is 60.8 Å². The van der Waals surface area contributed by atoms with Gasteiger partial charge in [-0.05, 0) is 76.6 Å². The number of aliphatic hydroxyl groups excluding tert-OH is 2. The van der Waals surface area contributed by atoms with Gasteiger partial charge < -0.3 is 86.3 Å². The maximum atomic E-state index is 14.5. The number of aromatic amines is 1. The van der Waals surface area contributed by atoms with Crippen LogP contribution in [0.4, 0.5) is 0 Å². The van der Waals surface area contributed by atoms with Gasteiger partial charge in [0.15, 0.2) is 5.82 Å². The maximum Gasteiger partial charge on any atom is 0.268 e. The molecular formula is C48H78N18O12. The van der Waals surface area contributed by atoms with Crippen LogP contribution in [0.2, 0.25) is 0 Å². The number of tetrazole rings is 1. The Balaban J connectivity index is 2.17. The zero-order valence-electron chi connectivity index (χ0n) is 44.5. The molecule has 1 aromatic heterocycles. The summed E-state index contributed by atoms with van der Waals surface area (Å²) in [5, 5.41) is 59.8. The lowest BCUT2D eigenvalue weighted by atomic mass is 10.00. The largest absolute Gasteiger partial charge is 0.391 e. The van der Waals surface area contributed by atoms with E-state index in [4.69, 9.17) is 22.9 Å². The van der Waals surface area contributed by atoms with Crippen LogP contribution in [0.15, 0.2) is 42.1 Å². The van der Waals surface area contributed by atoms with E-state index in [0.29, 0.717) is 12.0 Å². The lowest BCUT2D eigenvalue weighted by Crippen LogP contribution is -2.61. The number of nitrogens with zero attached hydrogens (tertiary/aromatic N) is 3. The molecule has 30 heteroatoms. The molecule has 2 heterocycles. The molecule has 0 bridgehead atoms. The number of nitrogens with two attached hydrogens (primary N) is 4. The highest BCUT2D eigenvalue weighted by Crippen LogP contribution is 2.12. The van der Waals surface area contributed by atoms with Gasteiger partial charge in [-0.2, -0.15) is 5.21 Å². The summed E-state index contributed by atoms with van der Waals surface area (Å²) in [6.07, 6.45) is -2.76. The van der Waals surface area contributed by atoms with E-state index in [2.05, 4.69) is 73.8 Å². The molecule has 1 unspecified atom stereocenters. The van der Waals surface area contributed by atoms with E-state index in [-0.39, 0.29) is 63.5 Å². The number of rotatable bonds is 21. The highest BCUT2D eigenvalue weighted by Gasteiger charge is 2.37. The van der Waals surface area contributed by atoms with E-state index >= 15 is 0 Å². The Bertz CT molecular complexity index is 2360. The summed E-state index contributed by atoms with van der Waals surface area (Å²) in [4.78, 5) is 140. The molecule has 0 aliphatic carbocycles. The number of benzene rings is 1. The number of nitrogens with one attached hydrogen (secondary N) is 11. The molecule has 0 saturated carbocycles. The zero-order chi connectivity index (χ0) is 58.1. The summed E-state index contributed by atoms with van der Waals surface area (Å²) in [5.74, 6) is -9.84. The molecule has 30 nitrogen and oxygen atoms in total. The second kappa shape index (κ2) is 32.9. The predicted octanol–water partition coefficient (Wildman–Crippen LogP) is -7.03. The molecule has 0 radical (unpaired) electrons. The fourth-order valence-corrected chi connectivity index (χ4v) is 7.89. The van der Waals surface area contributed by atoms with Gasteiger partial charge in [0.25, 0.3) is 5.91 Å². The van der Waals surface area contributed by atoms with E-state index in [1.54, 1.807) is 51.1 Å². The Labute approximate surface area is 451 Å². The number of carbonyl (C=O) groups is 10. The first-order valence-electron chi connectivity index (χ1n) is 25.7. The minimum Gasteiger partial charge on any atom is -0.391 e. The SMILES string of the molecule is CCC[C@@H]1NC(=O)[C@H](CCN)NC(=O)[C@H](CC(C)C)NC(=O)[C@@H](Cc2ccccc2)NC(=O)/C(=C\CN)NC(=O)[C@@H](NC(=O)[C@H](Cc2nn[nH]n2)NC(=O)C(NC(=O)[C@@H](N)CCN)[C@@H](C)O)CCNC(=O)[C@H]([C@@H](C)O)NC1=O. The number of H-pyrrole nitrogens is 1. The number of hydrogen-bond donors (Lipinski definition) is 17. The van der Waals surface area contributed by atoms with Crippen LogP contribution >= 0.6 is 0 Å². The molecule has 3 rings (SSSR count). The Morgan fingerprint density at radius 2 is 1.38 bits per heavy atom. The van der Waals surface area contributed by atoms with Crippen molar-refractivity contribution in [1.29, 1.82) is 0 Å². The van der Waals surface area contributed by atoms with Crippen molar-refractivity contribution in [1.82, 2.24) is 73.8 Å². The van der Waals surface area contributed by atoms with Gasteiger partial charge in [-0.15, -0.1) is 10.2 Å². The molecule has 1 aliphatic rings. The molecule has 1 fully saturated rings.